The van der Waals surface area contributed by atoms with Gasteiger partial charge in [0.15, 0.2) is 0 Å². The van der Waals surface area contributed by atoms with Crippen LogP contribution in [-0.4, -0.2) is 29.9 Å². The number of nitrogens with one attached hydrogen (secondary N) is 2. The zero-order valence-electron chi connectivity index (χ0n) is 60.9. The third kappa shape index (κ3) is 12.9. The molecule has 18 bridgehead atoms. The third-order valence-corrected chi connectivity index (χ3v) is 24.4. The minimum absolute atomic E-state index is 0.844. The molecular weight excluding hydrogens is 1380 g/mol. The van der Waals surface area contributed by atoms with Crippen LogP contribution in [0.3, 0.4) is 0 Å². The Hall–Kier alpha value is -12.9. The summed E-state index contributed by atoms with van der Waals surface area (Å²) in [6, 6.07) is 92.6. The molecule has 0 spiro atoms. The molecule has 19 rings (SSSR count). The minimum atomic E-state index is 0.844. The molecule has 109 heavy (non-hydrogen) atoms. The average molecular weight is 1450 g/mol. The van der Waals surface area contributed by atoms with Gasteiger partial charge >= 0.3 is 0 Å². The predicted molar refractivity (Wildman–Crippen MR) is 467 cm³/mol. The number of nitrogens with zero attached hydrogens (tertiary/aromatic N) is 4. The Labute approximate surface area is 645 Å². The van der Waals surface area contributed by atoms with Crippen LogP contribution >= 0.6 is 34.0 Å². The van der Waals surface area contributed by atoms with E-state index >= 15 is 0 Å². The standard InChI is InChI=1S/C100H70N6S3/c1-59-7-25-67(26-8-59)93-75-41-43-77(101-75)94(68-27-9-60(2)10-28-68)79-45-47-81(103-79)96(82-48-46-80(104-82)95(78-44-42-76(93)102-78)69-29-11-61(3)12-30-69)70-37-21-65(22-38-70)19-20-66-23-39-74(40-24-66)100-86-52-51-85(106-86)99(73-35-17-64(6)18-36-73)92-58-57-91(109-92)98(72-33-15-63(5)16-34-72)84-50-49-83(105-84)97(71-31-13-62(4)14-32-71)89-55-53-87(107-89)88-54-56-90(100)108-88/h7-18,21-58,101,104H,1-6H3. The first-order valence-corrected chi connectivity index (χ1v) is 39.2. The number of thiophene rings is 3. The molecule has 0 saturated carbocycles. The molecule has 4 aliphatic heterocycles. The lowest BCUT2D eigenvalue weighted by Gasteiger charge is -2.07. The maximum absolute atomic E-state index is 5.67. The van der Waals surface area contributed by atoms with Gasteiger partial charge < -0.3 is 9.97 Å². The monoisotopic (exact) mass is 1450 g/mol. The van der Waals surface area contributed by atoms with E-state index in [1.807, 2.05) is 11.3 Å². The highest BCUT2D eigenvalue weighted by molar-refractivity contribution is 7.31. The van der Waals surface area contributed by atoms with Gasteiger partial charge in [-0.15, -0.1) is 34.0 Å². The number of aromatic nitrogens is 6. The summed E-state index contributed by atoms with van der Waals surface area (Å²) in [4.78, 5) is 30.2. The van der Waals surface area contributed by atoms with Crippen LogP contribution in [0.4, 0.5) is 0 Å². The van der Waals surface area contributed by atoms with E-state index in [4.69, 9.17) is 19.9 Å². The van der Waals surface area contributed by atoms with E-state index in [2.05, 4.69) is 367 Å². The van der Waals surface area contributed by atoms with E-state index in [-0.39, 0.29) is 0 Å². The first kappa shape index (κ1) is 66.7. The quantitative estimate of drug-likeness (QED) is 0.149. The van der Waals surface area contributed by atoms with Gasteiger partial charge in [-0.3, -0.25) is 0 Å². The first-order chi connectivity index (χ1) is 53.4. The number of fused-ring (bicyclic) bond motifs is 19. The molecule has 0 amide bonds. The fourth-order valence-electron chi connectivity index (χ4n) is 15.1. The van der Waals surface area contributed by atoms with Crippen molar-refractivity contribution in [3.8, 4) is 101 Å². The van der Waals surface area contributed by atoms with Gasteiger partial charge in [0.25, 0.3) is 0 Å². The zero-order valence-corrected chi connectivity index (χ0v) is 63.3. The molecule has 518 valence electrons. The number of rotatable bonds is 8. The van der Waals surface area contributed by atoms with Crippen molar-refractivity contribution in [3.05, 3.63) is 345 Å². The first-order valence-electron chi connectivity index (χ1n) is 36.8. The Morgan fingerprint density at radius 3 is 0.587 bits per heavy atom. The van der Waals surface area contributed by atoms with Gasteiger partial charge in [-0.2, -0.15) is 0 Å². The summed E-state index contributed by atoms with van der Waals surface area (Å²) < 4.78 is 6.93. The van der Waals surface area contributed by atoms with E-state index in [1.165, 1.54) is 42.8 Å². The van der Waals surface area contributed by atoms with E-state index < -0.39 is 0 Å². The van der Waals surface area contributed by atoms with Gasteiger partial charge in [0.1, 0.15) is 0 Å². The molecule has 4 aliphatic rings. The molecule has 9 heteroatoms. The van der Waals surface area contributed by atoms with Gasteiger partial charge in [-0.25, -0.2) is 19.9 Å². The second kappa shape index (κ2) is 27.8. The summed E-state index contributed by atoms with van der Waals surface area (Å²) in [6.45, 7) is 12.8. The molecule has 7 aromatic heterocycles. The fraction of sp³-hybridized carbons (Fsp3) is 0.0600. The van der Waals surface area contributed by atoms with Crippen LogP contribution < -0.4 is 0 Å². The SMILES string of the molecule is Cc1ccc(-c2c3nc(c(-c4ccc(C)cc4)c4ccc([nH]4)c(-c4ccc(C#Cc5ccc(-c6c7nc(c(-c8ccc(C)cc8)c8ccc(s8)c(-c8ccc(C)cc8)c8nc(c(-c9ccc(C)cc9)c9ccc(s9)c9ccc6s9)C=C8)C=C7)cc5)cc4)c4nc(c(-c5ccc(C)cc5)c5ccc2[nH]5)C=C4)C=C3)cc1. The molecule has 0 atom stereocenters. The van der Waals surface area contributed by atoms with Crippen LogP contribution in [0, 0.1) is 53.4 Å². The summed E-state index contributed by atoms with van der Waals surface area (Å²) in [7, 11) is 0. The normalized spacial score (nSPS) is 12.1. The molecule has 8 aromatic carbocycles. The molecule has 0 fully saturated rings. The Balaban J connectivity index is 0.744. The summed E-state index contributed by atoms with van der Waals surface area (Å²) in [6.07, 6.45) is 17.5. The van der Waals surface area contributed by atoms with Crippen molar-refractivity contribution in [1.29, 1.82) is 0 Å². The van der Waals surface area contributed by atoms with Crippen molar-refractivity contribution in [2.45, 2.75) is 41.5 Å². The van der Waals surface area contributed by atoms with Gasteiger partial charge in [-0.05, 0) is 220 Å². The summed E-state index contributed by atoms with van der Waals surface area (Å²) >= 11 is 5.40. The number of benzene rings is 8. The van der Waals surface area contributed by atoms with Crippen LogP contribution in [0.1, 0.15) is 90.1 Å². The molecule has 6 nitrogen and oxygen atoms in total. The lowest BCUT2D eigenvalue weighted by molar-refractivity contribution is 1.31. The van der Waals surface area contributed by atoms with Crippen molar-refractivity contribution in [2.75, 3.05) is 0 Å². The maximum atomic E-state index is 5.67. The van der Waals surface area contributed by atoms with Gasteiger partial charge in [-0.1, -0.05) is 215 Å². The van der Waals surface area contributed by atoms with E-state index in [9.17, 15) is 0 Å². The van der Waals surface area contributed by atoms with Crippen LogP contribution in [0.15, 0.2) is 255 Å². The van der Waals surface area contributed by atoms with E-state index in [0.717, 1.165) is 187 Å². The molecule has 0 aliphatic carbocycles. The second-order valence-corrected chi connectivity index (χ2v) is 31.8. The van der Waals surface area contributed by atoms with Crippen molar-refractivity contribution >= 4 is 133 Å². The minimum Gasteiger partial charge on any atom is -0.354 e. The number of hydrogen-bond donors (Lipinski definition) is 2. The highest BCUT2D eigenvalue weighted by Crippen LogP contribution is 2.45. The van der Waals surface area contributed by atoms with Crippen LogP contribution in [-0.2, 0) is 0 Å². The van der Waals surface area contributed by atoms with Gasteiger partial charge in [0.2, 0.25) is 0 Å². The Morgan fingerprint density at radius 1 is 0.193 bits per heavy atom. The molecular formula is C100H70N6S3. The lowest BCUT2D eigenvalue weighted by atomic mass is 10.0. The summed E-state index contributed by atoms with van der Waals surface area (Å²) in [5, 5.41) is 0. The molecule has 0 saturated heterocycles. The number of H-pyrrole nitrogens is 2. The van der Waals surface area contributed by atoms with Gasteiger partial charge in [0, 0.05) is 106 Å². The second-order valence-electron chi connectivity index (χ2n) is 28.5. The highest BCUT2D eigenvalue weighted by atomic mass is 32.1. The topological polar surface area (TPSA) is 83.1 Å². The molecule has 2 N–H and O–H groups in total. The average Bonchev–Trinajstić information content (AvgIpc) is 1.61. The molecule has 0 unspecified atom stereocenters. The van der Waals surface area contributed by atoms with Crippen molar-refractivity contribution in [2.24, 2.45) is 0 Å². The number of aryl methyl sites for hydroxylation is 6. The largest absolute Gasteiger partial charge is 0.354 e. The van der Waals surface area contributed by atoms with Crippen molar-refractivity contribution in [1.82, 2.24) is 29.9 Å². The van der Waals surface area contributed by atoms with E-state index in [1.54, 1.807) is 22.7 Å². The number of hydrogen-bond acceptors (Lipinski definition) is 7. The van der Waals surface area contributed by atoms with Crippen molar-refractivity contribution in [3.63, 3.8) is 0 Å². The van der Waals surface area contributed by atoms with Gasteiger partial charge in [0.05, 0.1) is 45.6 Å². The predicted octanol–water partition coefficient (Wildman–Crippen LogP) is 27.5. The Bertz CT molecular complexity index is 6780. The lowest BCUT2D eigenvalue weighted by Crippen LogP contribution is -1.90. The van der Waals surface area contributed by atoms with Crippen LogP contribution in [0.25, 0.3) is 188 Å². The number of aromatic amines is 2. The molecule has 15 aromatic rings. The molecule has 0 radical (unpaired) electrons. The smallest absolute Gasteiger partial charge is 0.0737 e. The molecule has 11 heterocycles. The van der Waals surface area contributed by atoms with E-state index in [0.29, 0.717) is 0 Å². The summed E-state index contributed by atoms with van der Waals surface area (Å²) in [5.74, 6) is 7.11. The third-order valence-electron chi connectivity index (χ3n) is 20.8. The Morgan fingerprint density at radius 2 is 0.367 bits per heavy atom. The summed E-state index contributed by atoms with van der Waals surface area (Å²) in [5.41, 5.74) is 37.0. The fourth-order valence-corrected chi connectivity index (χ4v) is 18.5. The zero-order chi connectivity index (χ0) is 73.4. The highest BCUT2D eigenvalue weighted by Gasteiger charge is 2.23. The van der Waals surface area contributed by atoms with Crippen LogP contribution in [0.2, 0.25) is 0 Å². The Kier molecular flexibility index (Phi) is 17.0. The maximum Gasteiger partial charge on any atom is 0.0737 e. The van der Waals surface area contributed by atoms with Crippen molar-refractivity contribution < 1.29 is 0 Å². The van der Waals surface area contributed by atoms with Crippen LogP contribution in [0.5, 0.6) is 0 Å².